The van der Waals surface area contributed by atoms with Crippen molar-refractivity contribution in [3.63, 3.8) is 0 Å². The lowest BCUT2D eigenvalue weighted by Gasteiger charge is -2.15. The number of aryl methyl sites for hydroxylation is 1. The molecule has 1 aromatic rings. The molecular weight excluding hydrogens is 230 g/mol. The molecule has 5 nitrogen and oxygen atoms in total. The molecule has 0 aromatic carbocycles. The third-order valence-electron chi connectivity index (χ3n) is 3.21. The van der Waals surface area contributed by atoms with Gasteiger partial charge < -0.3 is 4.90 Å². The summed E-state index contributed by atoms with van der Waals surface area (Å²) in [7, 11) is 0. The molecule has 5 heteroatoms. The molecule has 18 heavy (non-hydrogen) atoms. The van der Waals surface area contributed by atoms with Crippen LogP contribution in [0.25, 0.3) is 0 Å². The van der Waals surface area contributed by atoms with Crippen molar-refractivity contribution < 1.29 is 4.79 Å². The smallest absolute Gasteiger partial charge is 0.253 e. The third-order valence-corrected chi connectivity index (χ3v) is 3.21. The average Bonchev–Trinajstić information content (AvgIpc) is 2.86. The Labute approximate surface area is 106 Å². The first-order chi connectivity index (χ1) is 8.70. The van der Waals surface area contributed by atoms with E-state index in [1.807, 2.05) is 11.8 Å². The van der Waals surface area contributed by atoms with Gasteiger partial charge in [-0.25, -0.2) is 4.98 Å². The molecule has 0 spiro atoms. The summed E-state index contributed by atoms with van der Waals surface area (Å²) in [6, 6.07) is 1.53. The topological polar surface area (TPSA) is 55.2 Å². The number of hydrogen-bond acceptors (Lipinski definition) is 3. The van der Waals surface area contributed by atoms with E-state index in [1.54, 1.807) is 0 Å². The first-order valence-corrected chi connectivity index (χ1v) is 6.54. The van der Waals surface area contributed by atoms with Crippen molar-refractivity contribution in [2.45, 2.75) is 39.2 Å². The average molecular weight is 249 g/mol. The Kier molecular flexibility index (Phi) is 4.12. The van der Waals surface area contributed by atoms with E-state index < -0.39 is 0 Å². The van der Waals surface area contributed by atoms with Crippen molar-refractivity contribution >= 4 is 5.91 Å². The quantitative estimate of drug-likeness (QED) is 0.793. The van der Waals surface area contributed by atoms with Gasteiger partial charge in [-0.2, -0.15) is 0 Å². The fraction of sp³-hybridized carbons (Fsp3) is 0.615. The molecule has 1 aliphatic rings. The molecule has 1 fully saturated rings. The molecule has 0 N–H and O–H groups in total. The fourth-order valence-electron chi connectivity index (χ4n) is 2.19. The largest absolute Gasteiger partial charge is 0.341 e. The second-order valence-electron chi connectivity index (χ2n) is 4.68. The number of nitrogens with zero attached hydrogens (tertiary/aromatic N) is 3. The lowest BCUT2D eigenvalue weighted by molar-refractivity contribution is -0.130. The molecule has 0 bridgehead atoms. The van der Waals surface area contributed by atoms with Gasteiger partial charge in [0.2, 0.25) is 5.91 Å². The molecule has 1 saturated heterocycles. The second kappa shape index (κ2) is 5.80. The van der Waals surface area contributed by atoms with Crippen LogP contribution >= 0.6 is 0 Å². The molecule has 2 rings (SSSR count). The van der Waals surface area contributed by atoms with Crippen LogP contribution in [-0.2, 0) is 17.8 Å². The monoisotopic (exact) mass is 249 g/mol. The number of carbonyl (C=O) groups is 1. The van der Waals surface area contributed by atoms with E-state index in [0.717, 1.165) is 44.5 Å². The Bertz CT molecular complexity index is 475. The van der Waals surface area contributed by atoms with E-state index in [9.17, 15) is 9.59 Å². The summed E-state index contributed by atoms with van der Waals surface area (Å²) in [5.74, 6) is 0.0136. The number of hydrogen-bond donors (Lipinski definition) is 0. The number of amides is 1. The summed E-state index contributed by atoms with van der Waals surface area (Å²) in [6.45, 7) is 3.78. The highest BCUT2D eigenvalue weighted by atomic mass is 16.2. The predicted octanol–water partition coefficient (Wildman–Crippen LogP) is 0.818. The van der Waals surface area contributed by atoms with Crippen LogP contribution in [0, 0.1) is 0 Å². The first kappa shape index (κ1) is 12.8. The molecule has 1 aliphatic heterocycles. The number of likely N-dealkylation sites (tertiary alicyclic amines) is 1. The minimum atomic E-state index is -0.138. The maximum absolute atomic E-state index is 11.9. The lowest BCUT2D eigenvalue weighted by Crippen LogP contribution is -2.34. The highest BCUT2D eigenvalue weighted by Gasteiger charge is 2.18. The summed E-state index contributed by atoms with van der Waals surface area (Å²) in [4.78, 5) is 29.7. The molecule has 0 radical (unpaired) electrons. The standard InChI is InChI=1S/C13H19N3O2/c1-2-5-11-8-12(17)16(10-14-11)9-13(18)15-6-3-4-7-15/h8,10H,2-7,9H2,1H3. The highest BCUT2D eigenvalue weighted by Crippen LogP contribution is 2.07. The van der Waals surface area contributed by atoms with Gasteiger partial charge in [-0.1, -0.05) is 13.3 Å². The van der Waals surface area contributed by atoms with Crippen molar-refractivity contribution in [3.05, 3.63) is 28.4 Å². The van der Waals surface area contributed by atoms with E-state index in [-0.39, 0.29) is 18.0 Å². The molecule has 0 unspecified atom stereocenters. The van der Waals surface area contributed by atoms with Crippen LogP contribution in [0.3, 0.4) is 0 Å². The van der Waals surface area contributed by atoms with Gasteiger partial charge in [-0.05, 0) is 19.3 Å². The van der Waals surface area contributed by atoms with E-state index in [1.165, 1.54) is 17.0 Å². The van der Waals surface area contributed by atoms with Crippen molar-refractivity contribution in [3.8, 4) is 0 Å². The Balaban J connectivity index is 2.04. The second-order valence-corrected chi connectivity index (χ2v) is 4.68. The maximum atomic E-state index is 11.9. The van der Waals surface area contributed by atoms with Gasteiger partial charge in [0.1, 0.15) is 6.54 Å². The number of aromatic nitrogens is 2. The predicted molar refractivity (Wildman–Crippen MR) is 68.3 cm³/mol. The van der Waals surface area contributed by atoms with Gasteiger partial charge in [0.15, 0.2) is 0 Å². The van der Waals surface area contributed by atoms with Crippen molar-refractivity contribution in [1.82, 2.24) is 14.5 Å². The maximum Gasteiger partial charge on any atom is 0.253 e. The van der Waals surface area contributed by atoms with Gasteiger partial charge in [0.25, 0.3) is 5.56 Å². The van der Waals surface area contributed by atoms with Crippen LogP contribution in [0.15, 0.2) is 17.2 Å². The highest BCUT2D eigenvalue weighted by molar-refractivity contribution is 5.76. The molecule has 1 aromatic heterocycles. The van der Waals surface area contributed by atoms with Crippen molar-refractivity contribution in [2.24, 2.45) is 0 Å². The van der Waals surface area contributed by atoms with Crippen LogP contribution in [0.1, 0.15) is 31.9 Å². The summed E-state index contributed by atoms with van der Waals surface area (Å²) >= 11 is 0. The van der Waals surface area contributed by atoms with E-state index in [4.69, 9.17) is 0 Å². The normalized spacial score (nSPS) is 15.1. The molecule has 0 saturated carbocycles. The Hall–Kier alpha value is -1.65. The fourth-order valence-corrected chi connectivity index (χ4v) is 2.19. The summed E-state index contributed by atoms with van der Waals surface area (Å²) < 4.78 is 1.39. The van der Waals surface area contributed by atoms with E-state index in [2.05, 4.69) is 4.98 Å². The van der Waals surface area contributed by atoms with Gasteiger partial charge in [-0.15, -0.1) is 0 Å². The van der Waals surface area contributed by atoms with Crippen LogP contribution in [0.5, 0.6) is 0 Å². The Morgan fingerprint density at radius 2 is 2.11 bits per heavy atom. The van der Waals surface area contributed by atoms with Gasteiger partial charge in [-0.3, -0.25) is 14.2 Å². The van der Waals surface area contributed by atoms with Gasteiger partial charge >= 0.3 is 0 Å². The molecule has 2 heterocycles. The third kappa shape index (κ3) is 2.97. The van der Waals surface area contributed by atoms with Crippen LogP contribution in [0.2, 0.25) is 0 Å². The van der Waals surface area contributed by atoms with Crippen LogP contribution < -0.4 is 5.56 Å². The molecule has 0 atom stereocenters. The first-order valence-electron chi connectivity index (χ1n) is 6.54. The zero-order chi connectivity index (χ0) is 13.0. The van der Waals surface area contributed by atoms with Crippen molar-refractivity contribution in [2.75, 3.05) is 13.1 Å². The summed E-state index contributed by atoms with van der Waals surface area (Å²) in [5.41, 5.74) is 0.661. The number of rotatable bonds is 4. The van der Waals surface area contributed by atoms with Gasteiger partial charge in [0.05, 0.1) is 6.33 Å². The minimum Gasteiger partial charge on any atom is -0.341 e. The van der Waals surface area contributed by atoms with Crippen LogP contribution in [-0.4, -0.2) is 33.4 Å². The van der Waals surface area contributed by atoms with E-state index >= 15 is 0 Å². The van der Waals surface area contributed by atoms with Crippen LogP contribution in [0.4, 0.5) is 0 Å². The minimum absolute atomic E-state index is 0.0136. The Morgan fingerprint density at radius 3 is 2.72 bits per heavy atom. The molecule has 1 amide bonds. The summed E-state index contributed by atoms with van der Waals surface area (Å²) in [6.07, 6.45) is 5.38. The zero-order valence-electron chi connectivity index (χ0n) is 10.8. The molecular formula is C13H19N3O2. The molecule has 0 aliphatic carbocycles. The number of carbonyl (C=O) groups excluding carboxylic acids is 1. The van der Waals surface area contributed by atoms with Gasteiger partial charge in [0, 0.05) is 24.8 Å². The Morgan fingerprint density at radius 1 is 1.39 bits per heavy atom. The van der Waals surface area contributed by atoms with Crippen molar-refractivity contribution in [1.29, 1.82) is 0 Å². The van der Waals surface area contributed by atoms with E-state index in [0.29, 0.717) is 0 Å². The summed E-state index contributed by atoms with van der Waals surface area (Å²) in [5, 5.41) is 0. The zero-order valence-corrected chi connectivity index (χ0v) is 10.8. The molecule has 98 valence electrons. The lowest BCUT2D eigenvalue weighted by atomic mass is 10.2. The SMILES string of the molecule is CCCc1cc(=O)n(CC(=O)N2CCCC2)cn1.